The van der Waals surface area contributed by atoms with Crippen molar-refractivity contribution in [1.82, 2.24) is 19.9 Å². The van der Waals surface area contributed by atoms with Crippen molar-refractivity contribution in [3.8, 4) is 11.3 Å². The van der Waals surface area contributed by atoms with Crippen molar-refractivity contribution in [2.45, 2.75) is 38.3 Å². The molecule has 7 heteroatoms. The third kappa shape index (κ3) is 3.11. The van der Waals surface area contributed by atoms with Crippen LogP contribution in [0.15, 0.2) is 35.4 Å². The third-order valence-corrected chi connectivity index (χ3v) is 5.50. The molecule has 0 atom stereocenters. The minimum atomic E-state index is 0.0357. The number of nitrogens with one attached hydrogen (secondary N) is 3. The van der Waals surface area contributed by atoms with E-state index in [0.29, 0.717) is 18.4 Å². The van der Waals surface area contributed by atoms with Crippen LogP contribution in [0.5, 0.6) is 0 Å². The highest BCUT2D eigenvalue weighted by Crippen LogP contribution is 2.36. The fraction of sp³-hybridized carbons (Fsp3) is 0.381. The molecular formula is C21H23N5O2. The zero-order valence-corrected chi connectivity index (χ0v) is 15.8. The summed E-state index contributed by atoms with van der Waals surface area (Å²) in [6.07, 6.45) is 7.76. The summed E-state index contributed by atoms with van der Waals surface area (Å²) in [7, 11) is 1.90. The van der Waals surface area contributed by atoms with Crippen LogP contribution in [-0.4, -0.2) is 27.5 Å². The molecule has 2 fully saturated rings. The van der Waals surface area contributed by atoms with Crippen LogP contribution in [0.25, 0.3) is 22.2 Å². The van der Waals surface area contributed by atoms with Crippen LogP contribution in [0.3, 0.4) is 0 Å². The van der Waals surface area contributed by atoms with E-state index in [1.165, 1.54) is 0 Å². The van der Waals surface area contributed by atoms with Crippen molar-refractivity contribution >= 4 is 22.6 Å². The monoisotopic (exact) mass is 377 g/mol. The van der Waals surface area contributed by atoms with Crippen molar-refractivity contribution in [1.29, 1.82) is 0 Å². The number of pyridine rings is 2. The van der Waals surface area contributed by atoms with Crippen molar-refractivity contribution in [3.05, 3.63) is 46.5 Å². The summed E-state index contributed by atoms with van der Waals surface area (Å²) < 4.78 is 1.82. The quantitative estimate of drug-likeness (QED) is 0.616. The predicted molar refractivity (Wildman–Crippen MR) is 108 cm³/mol. The van der Waals surface area contributed by atoms with Gasteiger partial charge in [0.05, 0.1) is 5.52 Å². The Kier molecular flexibility index (Phi) is 4.05. The van der Waals surface area contributed by atoms with Gasteiger partial charge in [-0.15, -0.1) is 0 Å². The van der Waals surface area contributed by atoms with Gasteiger partial charge in [-0.2, -0.15) is 0 Å². The van der Waals surface area contributed by atoms with Crippen LogP contribution < -0.4 is 16.2 Å². The molecule has 0 bridgehead atoms. The van der Waals surface area contributed by atoms with Gasteiger partial charge in [0.2, 0.25) is 5.91 Å². The summed E-state index contributed by atoms with van der Waals surface area (Å²) in [5.41, 5.74) is 3.78. The highest BCUT2D eigenvalue weighted by molar-refractivity contribution is 6.02. The standard InChI is InChI=1S/C21H23N5O2/c1-22-9-14-10-23-20(25-21(28)12-2-3-12)19-16(14)8-17(24-19)13-4-7-18(27)26(11-13)15-5-6-15/h4,7-8,10-12,15,22,24H,2-3,5-6,9H2,1H3,(H,23,25,28). The Balaban J connectivity index is 1.59. The normalized spacial score (nSPS) is 16.5. The summed E-state index contributed by atoms with van der Waals surface area (Å²) >= 11 is 0. The fourth-order valence-electron chi connectivity index (χ4n) is 3.62. The molecule has 0 radical (unpaired) electrons. The van der Waals surface area contributed by atoms with Crippen LogP contribution in [-0.2, 0) is 11.3 Å². The van der Waals surface area contributed by atoms with Crippen LogP contribution >= 0.6 is 0 Å². The van der Waals surface area contributed by atoms with Gasteiger partial charge in [0.15, 0.2) is 5.82 Å². The van der Waals surface area contributed by atoms with Gasteiger partial charge in [-0.3, -0.25) is 9.59 Å². The maximum absolute atomic E-state index is 12.3. The molecule has 2 aliphatic carbocycles. The third-order valence-electron chi connectivity index (χ3n) is 5.50. The van der Waals surface area contributed by atoms with Crippen molar-refractivity contribution in [2.75, 3.05) is 12.4 Å². The minimum Gasteiger partial charge on any atom is -0.351 e. The Hall–Kier alpha value is -2.93. The summed E-state index contributed by atoms with van der Waals surface area (Å²) in [6.45, 7) is 0.680. The SMILES string of the molecule is CNCc1cnc(NC(=O)C2CC2)c2[nH]c(-c3ccc(=O)n(C4CC4)c3)cc12. The van der Waals surface area contributed by atoms with E-state index < -0.39 is 0 Å². The lowest BCUT2D eigenvalue weighted by atomic mass is 10.1. The fourth-order valence-corrected chi connectivity index (χ4v) is 3.62. The number of hydrogen-bond donors (Lipinski definition) is 3. The lowest BCUT2D eigenvalue weighted by Crippen LogP contribution is -2.17. The van der Waals surface area contributed by atoms with E-state index in [2.05, 4.69) is 26.7 Å². The smallest absolute Gasteiger partial charge is 0.250 e. The molecule has 0 aliphatic heterocycles. The molecule has 3 heterocycles. The average molecular weight is 377 g/mol. The van der Waals surface area contributed by atoms with E-state index in [1.54, 1.807) is 6.07 Å². The maximum atomic E-state index is 12.3. The zero-order valence-electron chi connectivity index (χ0n) is 15.8. The number of aromatic nitrogens is 3. The molecule has 0 spiro atoms. The van der Waals surface area contributed by atoms with Gasteiger partial charge in [0.1, 0.15) is 0 Å². The van der Waals surface area contributed by atoms with Crippen LogP contribution in [0.4, 0.5) is 5.82 Å². The number of nitrogens with zero attached hydrogens (tertiary/aromatic N) is 2. The maximum Gasteiger partial charge on any atom is 0.250 e. The number of amides is 1. The minimum absolute atomic E-state index is 0.0357. The number of carbonyl (C=O) groups is 1. The number of carbonyl (C=O) groups excluding carboxylic acids is 1. The Morgan fingerprint density at radius 3 is 2.82 bits per heavy atom. The largest absolute Gasteiger partial charge is 0.351 e. The number of aromatic amines is 1. The Morgan fingerprint density at radius 1 is 1.29 bits per heavy atom. The lowest BCUT2D eigenvalue weighted by molar-refractivity contribution is -0.117. The molecule has 7 nitrogen and oxygen atoms in total. The highest BCUT2D eigenvalue weighted by atomic mass is 16.2. The number of H-pyrrole nitrogens is 1. The van der Waals surface area contributed by atoms with Crippen LogP contribution in [0.2, 0.25) is 0 Å². The van der Waals surface area contributed by atoms with E-state index in [4.69, 9.17) is 0 Å². The van der Waals surface area contributed by atoms with Gasteiger partial charge >= 0.3 is 0 Å². The molecule has 0 unspecified atom stereocenters. The van der Waals surface area contributed by atoms with Crippen LogP contribution in [0.1, 0.15) is 37.3 Å². The lowest BCUT2D eigenvalue weighted by Gasteiger charge is -2.08. The molecule has 0 aromatic carbocycles. The summed E-state index contributed by atoms with van der Waals surface area (Å²) in [4.78, 5) is 32.3. The van der Waals surface area contributed by atoms with Gasteiger partial charge in [0.25, 0.3) is 5.56 Å². The first kappa shape index (κ1) is 17.2. The number of fused-ring (bicyclic) bond motifs is 1. The van der Waals surface area contributed by atoms with E-state index >= 15 is 0 Å². The molecule has 1 amide bonds. The van der Waals surface area contributed by atoms with E-state index in [0.717, 1.165) is 53.4 Å². The first-order valence-electron chi connectivity index (χ1n) is 9.82. The number of rotatable bonds is 6. The second kappa shape index (κ2) is 6.60. The van der Waals surface area contributed by atoms with Gasteiger partial charge in [-0.05, 0) is 50.4 Å². The number of anilines is 1. The Morgan fingerprint density at radius 2 is 2.11 bits per heavy atom. The molecule has 3 aromatic heterocycles. The average Bonchev–Trinajstić information content (AvgIpc) is 3.60. The molecule has 144 valence electrons. The Bertz CT molecular complexity index is 1120. The van der Waals surface area contributed by atoms with Crippen molar-refractivity contribution < 1.29 is 4.79 Å². The molecule has 2 saturated carbocycles. The summed E-state index contributed by atoms with van der Waals surface area (Å²) in [6, 6.07) is 5.88. The Labute approximate surface area is 162 Å². The van der Waals surface area contributed by atoms with Gasteiger partial charge in [-0.1, -0.05) is 0 Å². The summed E-state index contributed by atoms with van der Waals surface area (Å²) in [5, 5.41) is 7.16. The molecular weight excluding hydrogens is 354 g/mol. The summed E-state index contributed by atoms with van der Waals surface area (Å²) in [5.74, 6) is 0.715. The second-order valence-corrected chi connectivity index (χ2v) is 7.79. The predicted octanol–water partition coefficient (Wildman–Crippen LogP) is 2.79. The van der Waals surface area contributed by atoms with E-state index in [-0.39, 0.29) is 17.4 Å². The van der Waals surface area contributed by atoms with Gasteiger partial charge in [-0.25, -0.2) is 4.98 Å². The van der Waals surface area contributed by atoms with E-state index in [9.17, 15) is 9.59 Å². The molecule has 5 rings (SSSR count). The number of hydrogen-bond acceptors (Lipinski definition) is 4. The molecule has 3 aromatic rings. The first-order chi connectivity index (χ1) is 13.6. The zero-order chi connectivity index (χ0) is 19.3. The van der Waals surface area contributed by atoms with Crippen LogP contribution in [0, 0.1) is 5.92 Å². The molecule has 0 saturated heterocycles. The second-order valence-electron chi connectivity index (χ2n) is 7.79. The van der Waals surface area contributed by atoms with Crippen molar-refractivity contribution in [3.63, 3.8) is 0 Å². The van der Waals surface area contributed by atoms with Gasteiger partial charge in [0, 0.05) is 53.6 Å². The molecule has 3 N–H and O–H groups in total. The molecule has 28 heavy (non-hydrogen) atoms. The van der Waals surface area contributed by atoms with E-state index in [1.807, 2.05) is 30.1 Å². The first-order valence-corrected chi connectivity index (χ1v) is 9.82. The highest BCUT2D eigenvalue weighted by Gasteiger charge is 2.30. The topological polar surface area (TPSA) is 91.8 Å². The van der Waals surface area contributed by atoms with Crippen molar-refractivity contribution in [2.24, 2.45) is 5.92 Å². The molecule has 2 aliphatic rings. The van der Waals surface area contributed by atoms with Gasteiger partial charge < -0.3 is 20.2 Å².